The molecule has 0 N–H and O–H groups in total. The van der Waals surface area contributed by atoms with E-state index in [4.69, 9.17) is 10.00 Å². The number of rotatable bonds is 2. The monoisotopic (exact) mass is 224 g/mol. The van der Waals surface area contributed by atoms with Crippen molar-refractivity contribution in [3.05, 3.63) is 0 Å². The quantitative estimate of drug-likeness (QED) is 0.715. The summed E-state index contributed by atoms with van der Waals surface area (Å²) < 4.78 is 5.58. The molecule has 16 heavy (non-hydrogen) atoms. The molecular weight excluding hydrogens is 204 g/mol. The van der Waals surface area contributed by atoms with E-state index in [-0.39, 0.29) is 23.3 Å². The third kappa shape index (κ3) is 2.19. The lowest BCUT2D eigenvalue weighted by molar-refractivity contribution is -0.153. The topological polar surface area (TPSA) is 53.3 Å². The van der Waals surface area contributed by atoms with Gasteiger partial charge in [-0.1, -0.05) is 13.8 Å². The Kier molecular flexibility index (Phi) is 3.59. The van der Waals surface area contributed by atoms with Crippen molar-refractivity contribution in [2.45, 2.75) is 39.2 Å². The second kappa shape index (κ2) is 4.42. The minimum Gasteiger partial charge on any atom is -0.378 e. The van der Waals surface area contributed by atoms with E-state index in [2.05, 4.69) is 20.8 Å². The number of piperidine rings is 1. The molecule has 1 aliphatic rings. The fraction of sp³-hybridized carbons (Fsp3) is 0.833. The van der Waals surface area contributed by atoms with Gasteiger partial charge in [0.05, 0.1) is 11.7 Å². The number of hydrogen-bond donors (Lipinski definition) is 0. The summed E-state index contributed by atoms with van der Waals surface area (Å²) >= 11 is 0. The number of likely N-dealkylation sites (tertiary alicyclic amines) is 1. The average molecular weight is 224 g/mol. The van der Waals surface area contributed by atoms with E-state index in [0.29, 0.717) is 13.1 Å². The van der Waals surface area contributed by atoms with Gasteiger partial charge in [-0.2, -0.15) is 5.26 Å². The highest BCUT2D eigenvalue weighted by atomic mass is 16.5. The van der Waals surface area contributed by atoms with Crippen LogP contribution in [0, 0.1) is 16.7 Å². The van der Waals surface area contributed by atoms with Crippen LogP contribution >= 0.6 is 0 Å². The molecule has 4 nitrogen and oxygen atoms in total. The Labute approximate surface area is 97.2 Å². The number of carbonyl (C=O) groups is 1. The number of nitrogens with zero attached hydrogens (tertiary/aromatic N) is 2. The highest BCUT2D eigenvalue weighted by Crippen LogP contribution is 2.40. The molecule has 0 saturated carbocycles. The molecule has 0 aliphatic carbocycles. The molecule has 0 aromatic heterocycles. The molecule has 0 radical (unpaired) electrons. The van der Waals surface area contributed by atoms with Crippen LogP contribution in [0.5, 0.6) is 0 Å². The van der Waals surface area contributed by atoms with E-state index in [1.54, 1.807) is 12.0 Å². The van der Waals surface area contributed by atoms with Gasteiger partial charge in [-0.05, 0) is 13.3 Å². The summed E-state index contributed by atoms with van der Waals surface area (Å²) in [5.41, 5.74) is -0.290. The zero-order chi connectivity index (χ0) is 12.4. The number of hydrogen-bond acceptors (Lipinski definition) is 3. The highest BCUT2D eigenvalue weighted by Gasteiger charge is 2.46. The fourth-order valence-electron chi connectivity index (χ4n) is 2.18. The van der Waals surface area contributed by atoms with Gasteiger partial charge >= 0.3 is 0 Å². The van der Waals surface area contributed by atoms with Crippen LogP contribution in [0.1, 0.15) is 33.6 Å². The summed E-state index contributed by atoms with van der Waals surface area (Å²) in [6.07, 6.45) is 0.785. The van der Waals surface area contributed by atoms with E-state index in [9.17, 15) is 4.79 Å². The molecule has 1 aliphatic heterocycles. The molecule has 0 aromatic rings. The van der Waals surface area contributed by atoms with Crippen LogP contribution in [0.2, 0.25) is 0 Å². The van der Waals surface area contributed by atoms with Crippen LogP contribution in [0.15, 0.2) is 0 Å². The first-order valence-corrected chi connectivity index (χ1v) is 5.56. The summed E-state index contributed by atoms with van der Waals surface area (Å²) in [5.74, 6) is -0.0753. The molecule has 1 saturated heterocycles. The minimum absolute atomic E-state index is 0.0280. The van der Waals surface area contributed by atoms with Crippen LogP contribution < -0.4 is 0 Å². The van der Waals surface area contributed by atoms with Gasteiger partial charge in [0.15, 0.2) is 0 Å². The van der Waals surface area contributed by atoms with Crippen molar-refractivity contribution in [3.8, 4) is 6.07 Å². The summed E-state index contributed by atoms with van der Waals surface area (Å²) in [7, 11) is 1.72. The van der Waals surface area contributed by atoms with Crippen molar-refractivity contribution in [2.24, 2.45) is 5.41 Å². The standard InChI is InChI=1S/C12H20N2O2/c1-11(2)9-14(10(15)5-7-13)8-6-12(11,3)16-4/h5-6,8-9H2,1-4H3/t12-/m0/s1. The third-order valence-electron chi connectivity index (χ3n) is 3.91. The summed E-state index contributed by atoms with van der Waals surface area (Å²) in [5, 5.41) is 8.52. The Balaban J connectivity index is 2.76. The SMILES string of the molecule is CO[C@@]1(C)CCN(C(=O)CC#N)CC1(C)C. The Morgan fingerprint density at radius 1 is 1.50 bits per heavy atom. The summed E-state index contributed by atoms with van der Waals surface area (Å²) in [4.78, 5) is 13.4. The van der Waals surface area contributed by atoms with Crippen LogP contribution in [0.25, 0.3) is 0 Å². The number of amides is 1. The molecule has 0 aromatic carbocycles. The number of methoxy groups -OCH3 is 1. The summed E-state index contributed by atoms with van der Waals surface area (Å²) in [6.45, 7) is 7.61. The zero-order valence-electron chi connectivity index (χ0n) is 10.5. The predicted octanol–water partition coefficient (Wildman–Crippen LogP) is 1.56. The molecule has 0 bridgehead atoms. The second-order valence-corrected chi connectivity index (χ2v) is 5.22. The van der Waals surface area contributed by atoms with Gasteiger partial charge in [-0.15, -0.1) is 0 Å². The van der Waals surface area contributed by atoms with Crippen LogP contribution in [-0.2, 0) is 9.53 Å². The van der Waals surface area contributed by atoms with Crippen molar-refractivity contribution in [2.75, 3.05) is 20.2 Å². The molecular formula is C12H20N2O2. The van der Waals surface area contributed by atoms with Crippen molar-refractivity contribution < 1.29 is 9.53 Å². The Hall–Kier alpha value is -1.08. The molecule has 90 valence electrons. The first kappa shape index (κ1) is 13.0. The third-order valence-corrected chi connectivity index (χ3v) is 3.91. The lowest BCUT2D eigenvalue weighted by atomic mass is 9.71. The Morgan fingerprint density at radius 2 is 2.12 bits per heavy atom. The Bertz CT molecular complexity index is 319. The predicted molar refractivity (Wildman–Crippen MR) is 60.6 cm³/mol. The lowest BCUT2D eigenvalue weighted by Crippen LogP contribution is -2.57. The van der Waals surface area contributed by atoms with E-state index in [0.717, 1.165) is 6.42 Å². The zero-order valence-corrected chi connectivity index (χ0v) is 10.5. The number of nitriles is 1. The number of ether oxygens (including phenoxy) is 1. The highest BCUT2D eigenvalue weighted by molar-refractivity contribution is 5.78. The van der Waals surface area contributed by atoms with Crippen LogP contribution in [0.4, 0.5) is 0 Å². The molecule has 0 spiro atoms. The second-order valence-electron chi connectivity index (χ2n) is 5.22. The average Bonchev–Trinajstić information content (AvgIpc) is 2.22. The van der Waals surface area contributed by atoms with E-state index in [1.807, 2.05) is 6.07 Å². The van der Waals surface area contributed by atoms with Gasteiger partial charge < -0.3 is 9.64 Å². The molecule has 0 unspecified atom stereocenters. The first-order valence-electron chi connectivity index (χ1n) is 5.56. The lowest BCUT2D eigenvalue weighted by Gasteiger charge is -2.50. The van der Waals surface area contributed by atoms with Crippen LogP contribution in [-0.4, -0.2) is 36.6 Å². The van der Waals surface area contributed by atoms with Crippen molar-refractivity contribution >= 4 is 5.91 Å². The first-order chi connectivity index (χ1) is 7.36. The maximum absolute atomic E-state index is 11.6. The van der Waals surface area contributed by atoms with E-state index in [1.165, 1.54) is 0 Å². The van der Waals surface area contributed by atoms with Gasteiger partial charge in [-0.3, -0.25) is 4.79 Å². The van der Waals surface area contributed by atoms with E-state index >= 15 is 0 Å². The normalized spacial score (nSPS) is 28.6. The molecule has 1 heterocycles. The van der Waals surface area contributed by atoms with Gasteiger partial charge in [0.1, 0.15) is 6.42 Å². The number of carbonyl (C=O) groups excluding carboxylic acids is 1. The Morgan fingerprint density at radius 3 is 2.56 bits per heavy atom. The van der Waals surface area contributed by atoms with Gasteiger partial charge in [0.2, 0.25) is 5.91 Å². The van der Waals surface area contributed by atoms with Gasteiger partial charge in [0.25, 0.3) is 0 Å². The fourth-order valence-corrected chi connectivity index (χ4v) is 2.18. The minimum atomic E-state index is -0.198. The maximum Gasteiger partial charge on any atom is 0.236 e. The summed E-state index contributed by atoms with van der Waals surface area (Å²) in [6, 6.07) is 1.90. The smallest absolute Gasteiger partial charge is 0.236 e. The molecule has 1 atom stereocenters. The van der Waals surface area contributed by atoms with Crippen molar-refractivity contribution in [1.82, 2.24) is 4.90 Å². The maximum atomic E-state index is 11.6. The van der Waals surface area contributed by atoms with Crippen LogP contribution in [0.3, 0.4) is 0 Å². The van der Waals surface area contributed by atoms with Crippen molar-refractivity contribution in [3.63, 3.8) is 0 Å². The largest absolute Gasteiger partial charge is 0.378 e. The molecule has 4 heteroatoms. The van der Waals surface area contributed by atoms with Gasteiger partial charge in [-0.25, -0.2) is 0 Å². The molecule has 1 rings (SSSR count). The van der Waals surface area contributed by atoms with E-state index < -0.39 is 0 Å². The van der Waals surface area contributed by atoms with Gasteiger partial charge in [0, 0.05) is 25.6 Å². The molecule has 1 fully saturated rings. The van der Waals surface area contributed by atoms with Crippen molar-refractivity contribution in [1.29, 1.82) is 5.26 Å². The molecule has 1 amide bonds.